The van der Waals surface area contributed by atoms with Crippen LogP contribution >= 0.6 is 0 Å². The Bertz CT molecular complexity index is 1250. The Balaban J connectivity index is 1.50. The van der Waals surface area contributed by atoms with E-state index in [4.69, 9.17) is 15.2 Å². The van der Waals surface area contributed by atoms with Crippen molar-refractivity contribution in [2.24, 2.45) is 5.73 Å². The van der Waals surface area contributed by atoms with Crippen LogP contribution in [0.3, 0.4) is 0 Å². The number of carboxylic acid groups (broad SMARTS) is 1. The van der Waals surface area contributed by atoms with Gasteiger partial charge in [0.1, 0.15) is 18.5 Å². The van der Waals surface area contributed by atoms with Crippen LogP contribution < -0.4 is 5.73 Å². The molecule has 35 heavy (non-hydrogen) atoms. The van der Waals surface area contributed by atoms with Gasteiger partial charge in [-0.2, -0.15) is 0 Å². The number of imidazole rings is 1. The Morgan fingerprint density at radius 3 is 2.14 bits per heavy atom. The largest absolute Gasteiger partial charge is 0.479 e. The quantitative estimate of drug-likeness (QED) is 0.408. The number of hydrogen-bond acceptors (Lipinski definition) is 7. The molecule has 2 aromatic carbocycles. The smallest absolute Gasteiger partial charge is 0.419 e. The second-order valence-electron chi connectivity index (χ2n) is 9.53. The van der Waals surface area contributed by atoms with Crippen molar-refractivity contribution in [1.82, 2.24) is 9.55 Å². The van der Waals surface area contributed by atoms with Crippen LogP contribution in [0.25, 0.3) is 11.1 Å². The number of aromatic nitrogens is 2. The summed E-state index contributed by atoms with van der Waals surface area (Å²) in [5.41, 5.74) is 7.16. The second-order valence-corrected chi connectivity index (χ2v) is 9.53. The van der Waals surface area contributed by atoms with E-state index < -0.39 is 35.6 Å². The monoisotopic (exact) mass is 477 g/mol. The fourth-order valence-electron chi connectivity index (χ4n) is 4.12. The molecule has 1 aromatic heterocycles. The summed E-state index contributed by atoms with van der Waals surface area (Å²) in [6.45, 7) is 5.09. The minimum atomic E-state index is -2.38. The zero-order valence-electron chi connectivity index (χ0n) is 19.7. The third-order valence-corrected chi connectivity index (χ3v) is 5.79. The molecule has 9 heteroatoms. The molecule has 0 spiro atoms. The minimum absolute atomic E-state index is 0.0640. The van der Waals surface area contributed by atoms with Gasteiger partial charge in [-0.15, -0.1) is 0 Å². The molecule has 0 fully saturated rings. The van der Waals surface area contributed by atoms with Crippen molar-refractivity contribution in [3.63, 3.8) is 0 Å². The summed E-state index contributed by atoms with van der Waals surface area (Å²) >= 11 is 0. The van der Waals surface area contributed by atoms with E-state index in [9.17, 15) is 19.5 Å². The molecule has 0 unspecified atom stereocenters. The first-order valence-electron chi connectivity index (χ1n) is 11.1. The molecule has 1 aliphatic carbocycles. The molecule has 1 aliphatic rings. The average molecular weight is 478 g/mol. The lowest BCUT2D eigenvalue weighted by Gasteiger charge is -2.23. The number of carbonyl (C=O) groups is 3. The summed E-state index contributed by atoms with van der Waals surface area (Å²) in [6.07, 6.45) is 1.32. The molecular weight excluding hydrogens is 450 g/mol. The van der Waals surface area contributed by atoms with Gasteiger partial charge in [0.05, 0.1) is 5.69 Å². The van der Waals surface area contributed by atoms with Gasteiger partial charge in [-0.3, -0.25) is 0 Å². The number of hydrogen-bond donors (Lipinski definition) is 2. The first-order valence-corrected chi connectivity index (χ1v) is 11.1. The molecule has 182 valence electrons. The second kappa shape index (κ2) is 8.99. The lowest BCUT2D eigenvalue weighted by Crippen LogP contribution is -2.57. The fraction of sp³-hybridized carbons (Fsp3) is 0.308. The van der Waals surface area contributed by atoms with Gasteiger partial charge in [-0.25, -0.2) is 23.9 Å². The zero-order valence-corrected chi connectivity index (χ0v) is 19.7. The van der Waals surface area contributed by atoms with E-state index in [1.54, 1.807) is 20.8 Å². The fourth-order valence-corrected chi connectivity index (χ4v) is 4.12. The highest BCUT2D eigenvalue weighted by Crippen LogP contribution is 2.44. The highest BCUT2D eigenvalue weighted by Gasteiger charge is 2.45. The summed E-state index contributed by atoms with van der Waals surface area (Å²) in [4.78, 5) is 41.2. The van der Waals surface area contributed by atoms with Gasteiger partial charge < -0.3 is 20.3 Å². The highest BCUT2D eigenvalue weighted by atomic mass is 16.6. The van der Waals surface area contributed by atoms with Gasteiger partial charge in [0.2, 0.25) is 5.54 Å². The van der Waals surface area contributed by atoms with E-state index in [-0.39, 0.29) is 18.2 Å². The molecule has 0 bridgehead atoms. The minimum Gasteiger partial charge on any atom is -0.479 e. The van der Waals surface area contributed by atoms with Gasteiger partial charge >= 0.3 is 18.0 Å². The molecule has 3 aromatic rings. The highest BCUT2D eigenvalue weighted by molar-refractivity contribution is 6.04. The molecule has 9 nitrogen and oxygen atoms in total. The molecule has 0 aliphatic heterocycles. The lowest BCUT2D eigenvalue weighted by molar-refractivity contribution is -0.161. The summed E-state index contributed by atoms with van der Waals surface area (Å²) in [5.74, 6) is -2.88. The van der Waals surface area contributed by atoms with Gasteiger partial charge in [-0.1, -0.05) is 48.5 Å². The number of esters is 1. The standard InChI is InChI=1S/C26H27N3O6/c1-25(2,3)35-24(33)29-13-16(28-15-29)12-26(27,22(30)31)23(32)34-14-21-19-10-6-4-8-17(19)18-9-5-7-11-20(18)21/h4-11,13,15,21H,12,14,27H2,1-3H3,(H,30,31)/t26-/m0/s1. The third kappa shape index (κ3) is 4.81. The van der Waals surface area contributed by atoms with Crippen LogP contribution in [0.5, 0.6) is 0 Å². The van der Waals surface area contributed by atoms with E-state index in [1.807, 2.05) is 48.5 Å². The maximum Gasteiger partial charge on any atom is 0.419 e. The van der Waals surface area contributed by atoms with Crippen molar-refractivity contribution in [3.05, 3.63) is 77.9 Å². The number of benzene rings is 2. The summed E-state index contributed by atoms with van der Waals surface area (Å²) < 4.78 is 11.8. The SMILES string of the molecule is CC(C)(C)OC(=O)n1cnc(C[C@](N)(C(=O)O)C(=O)OCC2c3ccccc3-c3ccccc32)c1. The van der Waals surface area contributed by atoms with Gasteiger partial charge in [0.25, 0.3) is 0 Å². The van der Waals surface area contributed by atoms with Gasteiger partial charge in [-0.05, 0) is 43.0 Å². The number of fused-ring (bicyclic) bond motifs is 3. The van der Waals surface area contributed by atoms with Gasteiger partial charge in [0, 0.05) is 18.5 Å². The lowest BCUT2D eigenvalue weighted by atomic mass is 9.94. The number of aliphatic carboxylic acids is 1. The van der Waals surface area contributed by atoms with Crippen LogP contribution in [0.4, 0.5) is 4.79 Å². The molecule has 0 saturated heterocycles. The molecule has 1 heterocycles. The molecule has 0 amide bonds. The van der Waals surface area contributed by atoms with Crippen molar-refractivity contribution >= 4 is 18.0 Å². The normalized spacial score (nSPS) is 14.5. The third-order valence-electron chi connectivity index (χ3n) is 5.79. The Labute approximate surface area is 202 Å². The molecule has 1 atom stereocenters. The number of carbonyl (C=O) groups excluding carboxylic acids is 2. The van der Waals surface area contributed by atoms with Crippen LogP contribution in [0.15, 0.2) is 61.1 Å². The van der Waals surface area contributed by atoms with Crippen LogP contribution in [-0.4, -0.2) is 50.4 Å². The number of carboxylic acids is 1. The van der Waals surface area contributed by atoms with Crippen molar-refractivity contribution in [3.8, 4) is 11.1 Å². The zero-order chi connectivity index (χ0) is 25.4. The van der Waals surface area contributed by atoms with E-state index in [0.717, 1.165) is 26.8 Å². The topological polar surface area (TPSA) is 134 Å². The molecule has 0 saturated carbocycles. The van der Waals surface area contributed by atoms with Crippen LogP contribution in [0.2, 0.25) is 0 Å². The van der Waals surface area contributed by atoms with Crippen molar-refractivity contribution in [2.75, 3.05) is 6.61 Å². The summed E-state index contributed by atoms with van der Waals surface area (Å²) in [6, 6.07) is 15.6. The van der Waals surface area contributed by atoms with E-state index >= 15 is 0 Å². The Morgan fingerprint density at radius 1 is 1.03 bits per heavy atom. The Morgan fingerprint density at radius 2 is 1.60 bits per heavy atom. The van der Waals surface area contributed by atoms with Crippen molar-refractivity contribution in [2.45, 2.75) is 44.2 Å². The molecular formula is C26H27N3O6. The van der Waals surface area contributed by atoms with Crippen molar-refractivity contribution in [1.29, 1.82) is 0 Å². The molecule has 0 radical (unpaired) electrons. The van der Waals surface area contributed by atoms with E-state index in [1.165, 1.54) is 12.5 Å². The Kier molecular flexibility index (Phi) is 6.21. The Hall–Kier alpha value is -3.98. The summed E-state index contributed by atoms with van der Waals surface area (Å²) in [7, 11) is 0. The summed E-state index contributed by atoms with van der Waals surface area (Å²) in [5, 5.41) is 9.79. The van der Waals surface area contributed by atoms with Crippen LogP contribution in [-0.2, 0) is 25.5 Å². The van der Waals surface area contributed by atoms with Crippen LogP contribution in [0, 0.1) is 0 Å². The number of nitrogens with two attached hydrogens (primary N) is 1. The van der Waals surface area contributed by atoms with E-state index in [2.05, 4.69) is 4.98 Å². The number of nitrogens with zero attached hydrogens (tertiary/aromatic N) is 2. The van der Waals surface area contributed by atoms with Gasteiger partial charge in [0.15, 0.2) is 0 Å². The first kappa shape index (κ1) is 24.2. The number of ether oxygens (including phenoxy) is 2. The van der Waals surface area contributed by atoms with E-state index in [0.29, 0.717) is 0 Å². The predicted octanol–water partition coefficient (Wildman–Crippen LogP) is 3.35. The first-order chi connectivity index (χ1) is 16.5. The van der Waals surface area contributed by atoms with Crippen molar-refractivity contribution < 1.29 is 29.0 Å². The average Bonchev–Trinajstić information content (AvgIpc) is 3.39. The molecule has 3 N–H and O–H groups in total. The maximum atomic E-state index is 13.0. The predicted molar refractivity (Wildman–Crippen MR) is 127 cm³/mol. The molecule has 4 rings (SSSR count). The van der Waals surface area contributed by atoms with Crippen LogP contribution in [0.1, 0.15) is 43.5 Å². The maximum absolute atomic E-state index is 13.0. The number of rotatable bonds is 6.